The summed E-state index contributed by atoms with van der Waals surface area (Å²) in [7, 11) is -0.325. The number of hydrogen-bond acceptors (Lipinski definition) is 5. The average molecular weight is 362 g/mol. The highest BCUT2D eigenvalue weighted by molar-refractivity contribution is 7.19. The SMILES string of the molecule is N=POC(=O)[C@@H](Cc1ccc(F)cc1)NC(=O)OCc1ccccc1. The summed E-state index contributed by atoms with van der Waals surface area (Å²) in [6.45, 7) is 0.0572. The van der Waals surface area contributed by atoms with Gasteiger partial charge in [0.1, 0.15) is 18.5 Å². The molecule has 6 nitrogen and oxygen atoms in total. The van der Waals surface area contributed by atoms with Gasteiger partial charge in [0.25, 0.3) is 0 Å². The highest BCUT2D eigenvalue weighted by Gasteiger charge is 2.23. The van der Waals surface area contributed by atoms with Gasteiger partial charge in [0.15, 0.2) is 0 Å². The lowest BCUT2D eigenvalue weighted by Crippen LogP contribution is -2.42. The normalized spacial score (nSPS) is 11.6. The number of rotatable bonds is 7. The van der Waals surface area contributed by atoms with Crippen molar-refractivity contribution in [2.24, 2.45) is 0 Å². The summed E-state index contributed by atoms with van der Waals surface area (Å²) < 4.78 is 22.7. The van der Waals surface area contributed by atoms with Gasteiger partial charge in [0.2, 0.25) is 8.60 Å². The van der Waals surface area contributed by atoms with Crippen molar-refractivity contribution < 1.29 is 23.2 Å². The molecule has 1 atom stereocenters. The lowest BCUT2D eigenvalue weighted by atomic mass is 10.1. The highest BCUT2D eigenvalue weighted by atomic mass is 31.1. The third-order valence-corrected chi connectivity index (χ3v) is 3.55. The van der Waals surface area contributed by atoms with E-state index in [1.165, 1.54) is 24.3 Å². The van der Waals surface area contributed by atoms with Crippen molar-refractivity contribution in [3.8, 4) is 0 Å². The lowest BCUT2D eigenvalue weighted by Gasteiger charge is -2.16. The number of nitrogens with one attached hydrogen (secondary N) is 2. The van der Waals surface area contributed by atoms with E-state index >= 15 is 0 Å². The zero-order valence-electron chi connectivity index (χ0n) is 13.1. The minimum Gasteiger partial charge on any atom is -0.445 e. The molecule has 0 saturated carbocycles. The third kappa shape index (κ3) is 6.31. The van der Waals surface area contributed by atoms with Crippen LogP contribution >= 0.6 is 8.60 Å². The van der Waals surface area contributed by atoms with Crippen LogP contribution in [0.15, 0.2) is 54.6 Å². The van der Waals surface area contributed by atoms with Crippen LogP contribution in [0.4, 0.5) is 9.18 Å². The molecule has 0 unspecified atom stereocenters. The van der Waals surface area contributed by atoms with Crippen LogP contribution in [-0.4, -0.2) is 18.1 Å². The van der Waals surface area contributed by atoms with Crippen LogP contribution in [0.3, 0.4) is 0 Å². The Morgan fingerprint density at radius 3 is 2.40 bits per heavy atom. The molecule has 0 aliphatic heterocycles. The number of hydrogen-bond donors (Lipinski definition) is 2. The average Bonchev–Trinajstić information content (AvgIpc) is 2.62. The Hall–Kier alpha value is -2.79. The molecule has 8 heteroatoms. The molecule has 2 rings (SSSR count). The Kier molecular flexibility index (Phi) is 7.04. The molecule has 0 spiro atoms. The lowest BCUT2D eigenvalue weighted by molar-refractivity contribution is -0.135. The number of carbonyl (C=O) groups excluding carboxylic acids is 2. The van der Waals surface area contributed by atoms with E-state index in [9.17, 15) is 14.0 Å². The van der Waals surface area contributed by atoms with E-state index in [-0.39, 0.29) is 21.6 Å². The summed E-state index contributed by atoms with van der Waals surface area (Å²) in [5, 5.41) is 9.36. The van der Waals surface area contributed by atoms with Crippen LogP contribution in [0.2, 0.25) is 0 Å². The van der Waals surface area contributed by atoms with Gasteiger partial charge >= 0.3 is 12.1 Å². The van der Waals surface area contributed by atoms with Crippen molar-refractivity contribution in [1.82, 2.24) is 5.32 Å². The minimum atomic E-state index is -1.04. The maximum Gasteiger partial charge on any atom is 0.408 e. The molecule has 0 aliphatic carbocycles. The summed E-state index contributed by atoms with van der Waals surface area (Å²) in [6.07, 6.45) is -0.690. The van der Waals surface area contributed by atoms with Crippen LogP contribution < -0.4 is 5.32 Å². The van der Waals surface area contributed by atoms with Gasteiger partial charge < -0.3 is 14.6 Å². The Labute approximate surface area is 145 Å². The van der Waals surface area contributed by atoms with Crippen molar-refractivity contribution in [2.75, 3.05) is 0 Å². The number of carbonyl (C=O) groups is 2. The molecule has 2 aromatic carbocycles. The van der Waals surface area contributed by atoms with E-state index in [2.05, 4.69) is 9.84 Å². The molecule has 2 N–H and O–H groups in total. The topological polar surface area (TPSA) is 88.5 Å². The predicted octanol–water partition coefficient (Wildman–Crippen LogP) is 3.83. The van der Waals surface area contributed by atoms with Crippen LogP contribution in [0.5, 0.6) is 0 Å². The second-order valence-corrected chi connectivity index (χ2v) is 5.46. The summed E-state index contributed by atoms with van der Waals surface area (Å²) in [6, 6.07) is 13.6. The zero-order valence-corrected chi connectivity index (χ0v) is 14.0. The van der Waals surface area contributed by atoms with E-state index in [1.54, 1.807) is 12.1 Å². The minimum absolute atomic E-state index is 0.0572. The van der Waals surface area contributed by atoms with Gasteiger partial charge in [-0.15, -0.1) is 0 Å². The molecule has 0 saturated heterocycles. The van der Waals surface area contributed by atoms with Gasteiger partial charge in [-0.2, -0.15) is 0 Å². The summed E-state index contributed by atoms with van der Waals surface area (Å²) >= 11 is 0. The van der Waals surface area contributed by atoms with Crippen LogP contribution in [0.1, 0.15) is 11.1 Å². The van der Waals surface area contributed by atoms with Crippen molar-refractivity contribution in [3.05, 3.63) is 71.5 Å². The maximum atomic E-state index is 13.0. The molecule has 0 bridgehead atoms. The molecule has 1 amide bonds. The van der Waals surface area contributed by atoms with Gasteiger partial charge in [0, 0.05) is 6.42 Å². The van der Waals surface area contributed by atoms with Gasteiger partial charge in [0.05, 0.1) is 0 Å². The Morgan fingerprint density at radius 2 is 1.76 bits per heavy atom. The third-order valence-electron chi connectivity index (χ3n) is 3.28. The molecule has 2 aromatic rings. The van der Waals surface area contributed by atoms with Gasteiger partial charge in [-0.05, 0) is 23.3 Å². The van der Waals surface area contributed by atoms with Gasteiger partial charge in [-0.3, -0.25) is 0 Å². The summed E-state index contributed by atoms with van der Waals surface area (Å²) in [4.78, 5) is 23.9. The molecular formula is C17H16FN2O4P. The molecule has 0 heterocycles. The molecule has 0 radical (unpaired) electrons. The van der Waals surface area contributed by atoms with Gasteiger partial charge in [-0.1, -0.05) is 42.5 Å². The first-order valence-electron chi connectivity index (χ1n) is 7.38. The molecule has 0 fully saturated rings. The standard InChI is InChI=1S/C17H16FN2O4P/c18-14-8-6-12(7-9-14)10-15(16(21)24-25-19)20-17(22)23-11-13-4-2-1-3-5-13/h1-9,15,19H,10-11H2,(H,20,22)/t15-/m1/s1. The van der Waals surface area contributed by atoms with Crippen LogP contribution in [0, 0.1) is 11.0 Å². The van der Waals surface area contributed by atoms with Crippen molar-refractivity contribution in [2.45, 2.75) is 19.1 Å². The molecule has 130 valence electrons. The largest absolute Gasteiger partial charge is 0.445 e. The Balaban J connectivity index is 1.97. The first kappa shape index (κ1) is 18.5. The van der Waals surface area contributed by atoms with E-state index < -0.39 is 23.9 Å². The number of benzene rings is 2. The van der Waals surface area contributed by atoms with Crippen molar-refractivity contribution in [3.63, 3.8) is 0 Å². The fraction of sp³-hybridized carbons (Fsp3) is 0.176. The quantitative estimate of drug-likeness (QED) is 0.733. The Bertz CT molecular complexity index is 725. The zero-order chi connectivity index (χ0) is 18.1. The molecular weight excluding hydrogens is 346 g/mol. The maximum absolute atomic E-state index is 13.0. The van der Waals surface area contributed by atoms with Crippen LogP contribution in [0.25, 0.3) is 0 Å². The summed E-state index contributed by atoms with van der Waals surface area (Å²) in [5.41, 5.74) is 1.44. The van der Waals surface area contributed by atoms with E-state index in [4.69, 9.17) is 9.90 Å². The predicted molar refractivity (Wildman–Crippen MR) is 89.4 cm³/mol. The first-order chi connectivity index (χ1) is 12.1. The fourth-order valence-electron chi connectivity index (χ4n) is 2.07. The monoisotopic (exact) mass is 362 g/mol. The number of halogens is 1. The van der Waals surface area contributed by atoms with Crippen LogP contribution in [-0.2, 0) is 27.1 Å². The molecule has 0 aliphatic rings. The number of ether oxygens (including phenoxy) is 1. The van der Waals surface area contributed by atoms with E-state index in [1.807, 2.05) is 18.2 Å². The smallest absolute Gasteiger partial charge is 0.408 e. The number of amides is 1. The first-order valence-corrected chi connectivity index (χ1v) is 8.19. The second-order valence-electron chi connectivity index (χ2n) is 5.09. The fourth-order valence-corrected chi connectivity index (χ4v) is 2.28. The van der Waals surface area contributed by atoms with E-state index in [0.717, 1.165) is 5.56 Å². The van der Waals surface area contributed by atoms with Crippen molar-refractivity contribution in [1.29, 1.82) is 5.16 Å². The van der Waals surface area contributed by atoms with E-state index in [0.29, 0.717) is 5.56 Å². The second kappa shape index (κ2) is 9.49. The highest BCUT2D eigenvalue weighted by Crippen LogP contribution is 2.10. The number of alkyl carbamates (subject to hydrolysis) is 1. The molecule has 0 aromatic heterocycles. The Morgan fingerprint density at radius 1 is 1.08 bits per heavy atom. The summed E-state index contributed by atoms with van der Waals surface area (Å²) in [5.74, 6) is -1.17. The van der Waals surface area contributed by atoms with Crippen molar-refractivity contribution >= 4 is 20.7 Å². The van der Waals surface area contributed by atoms with Gasteiger partial charge in [-0.25, -0.2) is 19.1 Å². The molecule has 25 heavy (non-hydrogen) atoms.